The molecule has 160 valence electrons. The predicted molar refractivity (Wildman–Crippen MR) is 120 cm³/mol. The Morgan fingerprint density at radius 1 is 1.03 bits per heavy atom. The van der Waals surface area contributed by atoms with Crippen LogP contribution in [0.5, 0.6) is 5.75 Å². The van der Waals surface area contributed by atoms with Crippen LogP contribution in [-0.2, 0) is 4.79 Å². The molecule has 0 radical (unpaired) electrons. The molecule has 0 saturated heterocycles. The molecule has 0 atom stereocenters. The molecule has 1 heterocycles. The highest BCUT2D eigenvalue weighted by molar-refractivity contribution is 6.43. The first kappa shape index (κ1) is 22.7. The zero-order chi connectivity index (χ0) is 22.4. The third-order valence-electron chi connectivity index (χ3n) is 3.97. The molecular formula is C21H16Cl3N3O4. The zero-order valence-electron chi connectivity index (χ0n) is 16.1. The van der Waals surface area contributed by atoms with Crippen LogP contribution in [0.25, 0.3) is 0 Å². The van der Waals surface area contributed by atoms with Crippen LogP contribution in [0.3, 0.4) is 0 Å². The van der Waals surface area contributed by atoms with E-state index in [1.165, 1.54) is 18.4 Å². The minimum Gasteiger partial charge on any atom is -0.482 e. The van der Waals surface area contributed by atoms with E-state index in [-0.39, 0.29) is 39.1 Å². The Kier molecular flexibility index (Phi) is 7.57. The number of amides is 2. The minimum atomic E-state index is -0.497. The molecule has 2 aromatic carbocycles. The lowest BCUT2D eigenvalue weighted by Crippen LogP contribution is -2.25. The summed E-state index contributed by atoms with van der Waals surface area (Å²) in [7, 11) is 0. The summed E-state index contributed by atoms with van der Waals surface area (Å²) >= 11 is 17.8. The van der Waals surface area contributed by atoms with Gasteiger partial charge in [0.25, 0.3) is 11.8 Å². The Balaban J connectivity index is 1.58. The van der Waals surface area contributed by atoms with E-state index in [0.717, 1.165) is 0 Å². The van der Waals surface area contributed by atoms with Crippen molar-refractivity contribution >= 4 is 58.0 Å². The fraction of sp³-hybridized carbons (Fsp3) is 0.0952. The summed E-state index contributed by atoms with van der Waals surface area (Å²) in [6.45, 7) is 1.39. The molecule has 0 unspecified atom stereocenters. The van der Waals surface area contributed by atoms with Crippen LogP contribution in [0.1, 0.15) is 23.0 Å². The van der Waals surface area contributed by atoms with E-state index in [9.17, 15) is 9.59 Å². The molecule has 0 bridgehead atoms. The van der Waals surface area contributed by atoms with Gasteiger partial charge in [-0.25, -0.2) is 5.43 Å². The molecule has 2 amide bonds. The molecule has 0 saturated carbocycles. The maximum atomic E-state index is 12.1. The Bertz CT molecular complexity index is 1130. The van der Waals surface area contributed by atoms with Crippen LogP contribution < -0.4 is 15.5 Å². The molecule has 2 N–H and O–H groups in total. The van der Waals surface area contributed by atoms with Crippen LogP contribution in [0.2, 0.25) is 15.1 Å². The van der Waals surface area contributed by atoms with Crippen LogP contribution >= 0.6 is 34.8 Å². The zero-order valence-corrected chi connectivity index (χ0v) is 18.4. The summed E-state index contributed by atoms with van der Waals surface area (Å²) < 4.78 is 10.4. The van der Waals surface area contributed by atoms with Gasteiger partial charge in [-0.05, 0) is 42.8 Å². The van der Waals surface area contributed by atoms with E-state index in [4.69, 9.17) is 44.0 Å². The van der Waals surface area contributed by atoms with Crippen molar-refractivity contribution in [2.45, 2.75) is 6.92 Å². The smallest absolute Gasteiger partial charge is 0.291 e. The fourth-order valence-electron chi connectivity index (χ4n) is 2.42. The van der Waals surface area contributed by atoms with Gasteiger partial charge in [-0.1, -0.05) is 46.9 Å². The van der Waals surface area contributed by atoms with Crippen molar-refractivity contribution in [2.24, 2.45) is 5.10 Å². The van der Waals surface area contributed by atoms with E-state index in [1.807, 2.05) is 0 Å². The monoisotopic (exact) mass is 479 g/mol. The van der Waals surface area contributed by atoms with Crippen molar-refractivity contribution in [3.05, 3.63) is 81.2 Å². The number of carbonyl (C=O) groups is 2. The Morgan fingerprint density at radius 3 is 2.55 bits per heavy atom. The summed E-state index contributed by atoms with van der Waals surface area (Å²) in [5.74, 6) is -0.441. The molecule has 31 heavy (non-hydrogen) atoms. The molecule has 1 aromatic heterocycles. The lowest BCUT2D eigenvalue weighted by Gasteiger charge is -2.09. The maximum absolute atomic E-state index is 12.1. The molecule has 3 rings (SSSR count). The predicted octanol–water partition coefficient (Wildman–Crippen LogP) is 5.41. The van der Waals surface area contributed by atoms with E-state index >= 15 is 0 Å². The second-order valence-electron chi connectivity index (χ2n) is 6.23. The lowest BCUT2D eigenvalue weighted by molar-refractivity contribution is -0.123. The highest BCUT2D eigenvalue weighted by atomic mass is 35.5. The summed E-state index contributed by atoms with van der Waals surface area (Å²) in [4.78, 5) is 24.1. The van der Waals surface area contributed by atoms with Gasteiger partial charge in [-0.2, -0.15) is 5.10 Å². The number of hydrogen-bond donors (Lipinski definition) is 2. The molecule has 0 aliphatic rings. The van der Waals surface area contributed by atoms with Gasteiger partial charge in [0.2, 0.25) is 0 Å². The molecule has 0 aliphatic carbocycles. The Morgan fingerprint density at radius 2 is 1.81 bits per heavy atom. The van der Waals surface area contributed by atoms with Crippen molar-refractivity contribution < 1.29 is 18.7 Å². The first-order valence-electron chi connectivity index (χ1n) is 8.89. The molecular weight excluding hydrogens is 465 g/mol. The number of rotatable bonds is 7. The van der Waals surface area contributed by atoms with Crippen LogP contribution in [0.4, 0.5) is 5.69 Å². The van der Waals surface area contributed by atoms with Crippen molar-refractivity contribution in [2.75, 3.05) is 11.9 Å². The number of ether oxygens (including phenoxy) is 1. The van der Waals surface area contributed by atoms with Crippen molar-refractivity contribution in [3.8, 4) is 5.75 Å². The average Bonchev–Trinajstić information content (AvgIpc) is 3.29. The van der Waals surface area contributed by atoms with Crippen molar-refractivity contribution in [1.82, 2.24) is 5.43 Å². The minimum absolute atomic E-state index is 0.199. The summed E-state index contributed by atoms with van der Waals surface area (Å²) in [6, 6.07) is 13.0. The van der Waals surface area contributed by atoms with Gasteiger partial charge >= 0.3 is 0 Å². The molecule has 10 heteroatoms. The van der Waals surface area contributed by atoms with Gasteiger partial charge in [0, 0.05) is 11.8 Å². The molecule has 7 nitrogen and oxygen atoms in total. The largest absolute Gasteiger partial charge is 0.482 e. The second-order valence-corrected chi connectivity index (χ2v) is 7.45. The number of carbonyl (C=O) groups excluding carboxylic acids is 2. The summed E-state index contributed by atoms with van der Waals surface area (Å²) in [5.41, 5.74) is 4.18. The van der Waals surface area contributed by atoms with Gasteiger partial charge in [0.05, 0.1) is 27.0 Å². The molecule has 0 aliphatic heterocycles. The Hall–Kier alpha value is -3.00. The number of nitrogens with one attached hydrogen (secondary N) is 2. The third kappa shape index (κ3) is 6.24. The summed E-state index contributed by atoms with van der Waals surface area (Å²) in [6.07, 6.45) is 1.42. The van der Waals surface area contributed by atoms with Gasteiger partial charge in [0.15, 0.2) is 12.4 Å². The van der Waals surface area contributed by atoms with E-state index in [0.29, 0.717) is 17.0 Å². The molecule has 3 aromatic rings. The molecule has 0 fully saturated rings. The normalized spacial score (nSPS) is 11.2. The van der Waals surface area contributed by atoms with Gasteiger partial charge < -0.3 is 14.5 Å². The molecule has 0 spiro atoms. The van der Waals surface area contributed by atoms with Crippen molar-refractivity contribution in [1.29, 1.82) is 0 Å². The van der Waals surface area contributed by atoms with Crippen LogP contribution in [0.15, 0.2) is 64.3 Å². The maximum Gasteiger partial charge on any atom is 0.291 e. The van der Waals surface area contributed by atoms with Crippen LogP contribution in [-0.4, -0.2) is 24.1 Å². The highest BCUT2D eigenvalue weighted by Gasteiger charge is 2.11. The van der Waals surface area contributed by atoms with Crippen molar-refractivity contribution in [3.63, 3.8) is 0 Å². The first-order valence-corrected chi connectivity index (χ1v) is 10.0. The topological polar surface area (TPSA) is 92.9 Å². The third-order valence-corrected chi connectivity index (χ3v) is 4.98. The average molecular weight is 481 g/mol. The lowest BCUT2D eigenvalue weighted by atomic mass is 10.1. The number of halogens is 3. The number of hydrazone groups is 1. The number of hydrogen-bond acceptors (Lipinski definition) is 5. The fourth-order valence-corrected chi connectivity index (χ4v) is 3.02. The van der Waals surface area contributed by atoms with Gasteiger partial charge in [0.1, 0.15) is 5.75 Å². The standard InChI is InChI=1S/C21H16Cl3N3O4/c1-12(13-4-2-5-14(8-13)25-21(29)18-6-3-7-30-18)26-27-20(28)11-31-19-10-16(23)15(22)9-17(19)24/h2-10H,11H2,1H3,(H,25,29)(H,27,28)/b26-12+. The SMILES string of the molecule is C/C(=N\NC(=O)COc1cc(Cl)c(Cl)cc1Cl)c1cccc(NC(=O)c2ccco2)c1. The van der Waals surface area contributed by atoms with E-state index in [1.54, 1.807) is 43.3 Å². The van der Waals surface area contributed by atoms with E-state index in [2.05, 4.69) is 15.8 Å². The number of anilines is 1. The number of nitrogens with zero attached hydrogens (tertiary/aromatic N) is 1. The summed E-state index contributed by atoms with van der Waals surface area (Å²) in [5, 5.41) is 7.56. The van der Waals surface area contributed by atoms with Gasteiger partial charge in [-0.3, -0.25) is 9.59 Å². The van der Waals surface area contributed by atoms with E-state index < -0.39 is 5.91 Å². The van der Waals surface area contributed by atoms with Crippen LogP contribution in [0, 0.1) is 0 Å². The Labute approximate surface area is 192 Å². The first-order chi connectivity index (χ1) is 14.8. The highest BCUT2D eigenvalue weighted by Crippen LogP contribution is 2.33. The quantitative estimate of drug-likeness (QED) is 0.269. The van der Waals surface area contributed by atoms with Gasteiger partial charge in [-0.15, -0.1) is 0 Å². The number of furan rings is 1. The number of benzene rings is 2. The second kappa shape index (κ2) is 10.3.